The van der Waals surface area contributed by atoms with E-state index in [0.717, 1.165) is 12.8 Å². The van der Waals surface area contributed by atoms with E-state index in [1.165, 1.54) is 6.26 Å². The summed E-state index contributed by atoms with van der Waals surface area (Å²) in [4.78, 5) is 0.393. The molecule has 0 unspecified atom stereocenters. The third-order valence-corrected chi connectivity index (χ3v) is 3.71. The van der Waals surface area contributed by atoms with Crippen LogP contribution in [0.15, 0.2) is 11.1 Å². The molecule has 0 bridgehead atoms. The summed E-state index contributed by atoms with van der Waals surface area (Å²) in [6.07, 6.45) is 5.15. The van der Waals surface area contributed by atoms with Crippen LogP contribution in [0.1, 0.15) is 44.3 Å². The van der Waals surface area contributed by atoms with Crippen LogP contribution < -0.4 is 0 Å². The van der Waals surface area contributed by atoms with Crippen molar-refractivity contribution in [3.05, 3.63) is 11.9 Å². The topological polar surface area (TPSA) is 52.0 Å². The molecule has 1 heterocycles. The van der Waals surface area contributed by atoms with Gasteiger partial charge in [0, 0.05) is 12.5 Å². The highest BCUT2D eigenvalue weighted by molar-refractivity contribution is 7.90. The van der Waals surface area contributed by atoms with Gasteiger partial charge in [0.05, 0.1) is 11.7 Å². The molecule has 15 heavy (non-hydrogen) atoms. The number of nitrogens with zero attached hydrogens (tertiary/aromatic N) is 2. The van der Waals surface area contributed by atoms with E-state index in [1.54, 1.807) is 6.20 Å². The minimum Gasteiger partial charge on any atom is -0.268 e. The first-order chi connectivity index (χ1) is 6.89. The molecule has 2 rings (SSSR count). The molecular weight excluding hydrogens is 212 g/mol. The Bertz CT molecular complexity index is 470. The van der Waals surface area contributed by atoms with E-state index in [-0.39, 0.29) is 5.92 Å². The molecule has 1 aliphatic carbocycles. The smallest absolute Gasteiger partial charge is 0.178 e. The van der Waals surface area contributed by atoms with E-state index in [0.29, 0.717) is 16.6 Å². The van der Waals surface area contributed by atoms with Gasteiger partial charge in [0.25, 0.3) is 0 Å². The van der Waals surface area contributed by atoms with Gasteiger partial charge in [-0.15, -0.1) is 0 Å². The van der Waals surface area contributed by atoms with Gasteiger partial charge < -0.3 is 0 Å². The quantitative estimate of drug-likeness (QED) is 0.792. The van der Waals surface area contributed by atoms with E-state index in [1.807, 2.05) is 18.5 Å². The largest absolute Gasteiger partial charge is 0.268 e. The zero-order valence-electron chi connectivity index (χ0n) is 9.27. The van der Waals surface area contributed by atoms with E-state index in [9.17, 15) is 8.42 Å². The van der Waals surface area contributed by atoms with Crippen LogP contribution in [0.3, 0.4) is 0 Å². The number of hydrogen-bond donors (Lipinski definition) is 0. The fraction of sp³-hybridized carbons (Fsp3) is 0.700. The minimum atomic E-state index is -3.15. The number of aromatic nitrogens is 2. The molecule has 1 aromatic rings. The van der Waals surface area contributed by atoms with Crippen molar-refractivity contribution < 1.29 is 8.42 Å². The number of sulfone groups is 1. The molecular formula is C10H16N2O2S. The maximum absolute atomic E-state index is 11.6. The first-order valence-electron chi connectivity index (χ1n) is 5.18. The third-order valence-electron chi connectivity index (χ3n) is 2.59. The molecule has 0 radical (unpaired) electrons. The maximum atomic E-state index is 11.6. The Hall–Kier alpha value is -0.840. The summed E-state index contributed by atoms with van der Waals surface area (Å²) in [6.45, 7) is 3.93. The Morgan fingerprint density at radius 2 is 2.07 bits per heavy atom. The Kier molecular flexibility index (Phi) is 2.37. The second-order valence-electron chi connectivity index (χ2n) is 4.52. The fourth-order valence-corrected chi connectivity index (χ4v) is 2.56. The summed E-state index contributed by atoms with van der Waals surface area (Å²) in [5.74, 6) is 0.148. The van der Waals surface area contributed by atoms with Crippen LogP contribution in [-0.4, -0.2) is 24.5 Å². The molecule has 4 nitrogen and oxygen atoms in total. The standard InChI is InChI=1S/C10H16N2O2S/c1-7(2)10-9(15(3,13)14)6-12(11-10)8-4-5-8/h6-8H,4-5H2,1-3H3. The predicted molar refractivity (Wildman–Crippen MR) is 57.7 cm³/mol. The molecule has 1 saturated carbocycles. The van der Waals surface area contributed by atoms with Crippen molar-refractivity contribution in [3.63, 3.8) is 0 Å². The van der Waals surface area contributed by atoms with Crippen molar-refractivity contribution in [2.45, 2.75) is 43.5 Å². The highest BCUT2D eigenvalue weighted by atomic mass is 32.2. The lowest BCUT2D eigenvalue weighted by Gasteiger charge is -2.02. The first kappa shape index (κ1) is 10.7. The highest BCUT2D eigenvalue weighted by Gasteiger charge is 2.28. The van der Waals surface area contributed by atoms with Gasteiger partial charge in [0.1, 0.15) is 4.90 Å². The molecule has 5 heteroatoms. The van der Waals surface area contributed by atoms with Crippen LogP contribution in [0, 0.1) is 0 Å². The number of rotatable bonds is 3. The Labute approximate surface area is 90.2 Å². The first-order valence-corrected chi connectivity index (χ1v) is 7.08. The number of hydrogen-bond acceptors (Lipinski definition) is 3. The van der Waals surface area contributed by atoms with Crippen LogP contribution >= 0.6 is 0 Å². The van der Waals surface area contributed by atoms with Crippen LogP contribution in [0.25, 0.3) is 0 Å². The molecule has 1 aliphatic rings. The van der Waals surface area contributed by atoms with Crippen LogP contribution in [0.2, 0.25) is 0 Å². The lowest BCUT2D eigenvalue weighted by Crippen LogP contribution is -2.01. The average Bonchev–Trinajstić information content (AvgIpc) is 2.81. The maximum Gasteiger partial charge on any atom is 0.178 e. The summed E-state index contributed by atoms with van der Waals surface area (Å²) in [5, 5.41) is 4.38. The molecule has 0 aromatic carbocycles. The van der Waals surface area contributed by atoms with Gasteiger partial charge in [-0.25, -0.2) is 8.42 Å². The molecule has 1 fully saturated rings. The van der Waals surface area contributed by atoms with Crippen molar-refractivity contribution in [1.29, 1.82) is 0 Å². The lowest BCUT2D eigenvalue weighted by molar-refractivity contribution is 0.599. The minimum absolute atomic E-state index is 0.148. The summed E-state index contributed by atoms with van der Waals surface area (Å²) in [6, 6.07) is 0.429. The van der Waals surface area contributed by atoms with Gasteiger partial charge in [0.15, 0.2) is 9.84 Å². The average molecular weight is 228 g/mol. The summed E-state index contributed by atoms with van der Waals surface area (Å²) >= 11 is 0. The predicted octanol–water partition coefficient (Wildman–Crippen LogP) is 1.74. The van der Waals surface area contributed by atoms with Crippen molar-refractivity contribution in [1.82, 2.24) is 9.78 Å². The molecule has 0 amide bonds. The van der Waals surface area contributed by atoms with Gasteiger partial charge in [-0.3, -0.25) is 4.68 Å². The molecule has 1 aromatic heterocycles. The molecule has 0 saturated heterocycles. The van der Waals surface area contributed by atoms with E-state index in [2.05, 4.69) is 5.10 Å². The Morgan fingerprint density at radius 3 is 2.40 bits per heavy atom. The van der Waals surface area contributed by atoms with E-state index >= 15 is 0 Å². The SMILES string of the molecule is CC(C)c1nn(C2CC2)cc1S(C)(=O)=O. The monoisotopic (exact) mass is 228 g/mol. The second kappa shape index (κ2) is 3.33. The molecule has 0 aliphatic heterocycles. The lowest BCUT2D eigenvalue weighted by atomic mass is 10.1. The molecule has 84 valence electrons. The third kappa shape index (κ3) is 2.07. The van der Waals surface area contributed by atoms with Crippen LogP contribution in [-0.2, 0) is 9.84 Å². The van der Waals surface area contributed by atoms with Crippen molar-refractivity contribution in [3.8, 4) is 0 Å². The molecule has 0 spiro atoms. The molecule has 0 N–H and O–H groups in total. The van der Waals surface area contributed by atoms with Crippen LogP contribution in [0.4, 0.5) is 0 Å². The van der Waals surface area contributed by atoms with Gasteiger partial charge in [-0.2, -0.15) is 5.10 Å². The van der Waals surface area contributed by atoms with Gasteiger partial charge in [-0.05, 0) is 18.8 Å². The Morgan fingerprint density at radius 1 is 1.47 bits per heavy atom. The Balaban J connectivity index is 2.51. The van der Waals surface area contributed by atoms with Crippen molar-refractivity contribution in [2.75, 3.05) is 6.26 Å². The summed E-state index contributed by atoms with van der Waals surface area (Å²) < 4.78 is 24.9. The van der Waals surface area contributed by atoms with Gasteiger partial charge in [-0.1, -0.05) is 13.8 Å². The van der Waals surface area contributed by atoms with Gasteiger partial charge >= 0.3 is 0 Å². The molecule has 0 atom stereocenters. The zero-order chi connectivity index (χ0) is 11.2. The highest BCUT2D eigenvalue weighted by Crippen LogP contribution is 2.36. The van der Waals surface area contributed by atoms with Crippen molar-refractivity contribution >= 4 is 9.84 Å². The fourth-order valence-electron chi connectivity index (χ4n) is 1.60. The second-order valence-corrected chi connectivity index (χ2v) is 6.50. The van der Waals surface area contributed by atoms with E-state index < -0.39 is 9.84 Å². The van der Waals surface area contributed by atoms with E-state index in [4.69, 9.17) is 0 Å². The zero-order valence-corrected chi connectivity index (χ0v) is 10.1. The van der Waals surface area contributed by atoms with Crippen LogP contribution in [0.5, 0.6) is 0 Å². The summed E-state index contributed by atoms with van der Waals surface area (Å²) in [7, 11) is -3.15. The summed E-state index contributed by atoms with van der Waals surface area (Å²) in [5.41, 5.74) is 0.699. The normalized spacial score (nSPS) is 17.3. The van der Waals surface area contributed by atoms with Crippen molar-refractivity contribution in [2.24, 2.45) is 0 Å². The van der Waals surface area contributed by atoms with Gasteiger partial charge in [0.2, 0.25) is 0 Å².